The quantitative estimate of drug-likeness (QED) is 0.853. The van der Waals surface area contributed by atoms with Crippen molar-refractivity contribution >= 4 is 0 Å². The third-order valence-corrected chi connectivity index (χ3v) is 4.13. The molecule has 0 fully saturated rings. The lowest BCUT2D eigenvalue weighted by Gasteiger charge is -2.31. The Bertz CT molecular complexity index is 600. The molecule has 1 aromatic heterocycles. The molecule has 0 radical (unpaired) electrons. The van der Waals surface area contributed by atoms with Crippen LogP contribution in [0.1, 0.15) is 29.4 Å². The van der Waals surface area contributed by atoms with Crippen LogP contribution < -0.4 is 5.73 Å². The summed E-state index contributed by atoms with van der Waals surface area (Å²) in [5, 5.41) is 14.5. The Kier molecular flexibility index (Phi) is 4.80. The lowest BCUT2D eigenvalue weighted by molar-refractivity contribution is 0.193. The minimum atomic E-state index is -0.453. The van der Waals surface area contributed by atoms with E-state index in [0.29, 0.717) is 13.0 Å². The van der Waals surface area contributed by atoms with Gasteiger partial charge in [-0.05, 0) is 32.4 Å². The highest BCUT2D eigenvalue weighted by molar-refractivity contribution is 5.32. The highest BCUT2D eigenvalue weighted by Gasteiger charge is 2.32. The van der Waals surface area contributed by atoms with Crippen molar-refractivity contribution in [1.29, 1.82) is 0 Å². The highest BCUT2D eigenvalue weighted by Crippen LogP contribution is 2.28. The van der Waals surface area contributed by atoms with E-state index in [1.165, 1.54) is 5.56 Å². The molecule has 0 saturated heterocycles. The van der Waals surface area contributed by atoms with Crippen LogP contribution in [0.25, 0.3) is 0 Å². The summed E-state index contributed by atoms with van der Waals surface area (Å²) in [6.07, 6.45) is 0.693. The van der Waals surface area contributed by atoms with E-state index >= 15 is 0 Å². The largest absolute Gasteiger partial charge is 0.395 e. The fourth-order valence-corrected chi connectivity index (χ4v) is 2.84. The molecule has 4 heteroatoms. The molecule has 0 aliphatic carbocycles. The average Bonchev–Trinajstić information content (AvgIpc) is 2.84. The molecular weight excluding hydrogens is 262 g/mol. The summed E-state index contributed by atoms with van der Waals surface area (Å²) in [7, 11) is 0. The topological polar surface area (TPSA) is 64.1 Å². The number of hydrogen-bond donors (Lipinski definition) is 2. The Morgan fingerprint density at radius 3 is 2.62 bits per heavy atom. The Balaban J connectivity index is 2.42. The lowest BCUT2D eigenvalue weighted by atomic mass is 9.77. The molecular formula is C17H25N3O. The Morgan fingerprint density at radius 2 is 2.05 bits per heavy atom. The third-order valence-electron chi connectivity index (χ3n) is 4.13. The smallest absolute Gasteiger partial charge is 0.0596 e. The second-order valence-electron chi connectivity index (χ2n) is 5.78. The van der Waals surface area contributed by atoms with E-state index < -0.39 is 5.41 Å². The van der Waals surface area contributed by atoms with Gasteiger partial charge in [0.05, 0.1) is 12.3 Å². The van der Waals surface area contributed by atoms with Gasteiger partial charge in [-0.25, -0.2) is 0 Å². The van der Waals surface area contributed by atoms with Gasteiger partial charge in [-0.15, -0.1) is 0 Å². The fraction of sp³-hybridized carbons (Fsp3) is 0.471. The van der Waals surface area contributed by atoms with Crippen molar-refractivity contribution in [2.24, 2.45) is 5.73 Å². The van der Waals surface area contributed by atoms with Gasteiger partial charge in [0.1, 0.15) is 0 Å². The van der Waals surface area contributed by atoms with Crippen molar-refractivity contribution in [3.05, 3.63) is 52.8 Å². The standard InChI is InChI=1S/C17H25N3O/c1-4-20-16(9-14(3)19-20)10-17(11-18,12-21)15-7-5-6-13(2)8-15/h5-9,21H,4,10-12,18H2,1-3H3. The van der Waals surface area contributed by atoms with Gasteiger partial charge in [-0.3, -0.25) is 4.68 Å². The zero-order valence-electron chi connectivity index (χ0n) is 13.1. The molecule has 2 rings (SSSR count). The molecule has 1 unspecified atom stereocenters. The summed E-state index contributed by atoms with van der Waals surface area (Å²) in [6, 6.07) is 10.3. The first-order valence-electron chi connectivity index (χ1n) is 7.46. The van der Waals surface area contributed by atoms with Crippen molar-refractivity contribution in [1.82, 2.24) is 9.78 Å². The molecule has 0 spiro atoms. The summed E-state index contributed by atoms with van der Waals surface area (Å²) >= 11 is 0. The zero-order valence-corrected chi connectivity index (χ0v) is 13.1. The number of aryl methyl sites for hydroxylation is 3. The van der Waals surface area contributed by atoms with E-state index in [1.807, 2.05) is 17.7 Å². The molecule has 2 aromatic rings. The van der Waals surface area contributed by atoms with E-state index in [9.17, 15) is 5.11 Å². The number of aliphatic hydroxyl groups excluding tert-OH is 1. The van der Waals surface area contributed by atoms with Crippen molar-refractivity contribution in [3.63, 3.8) is 0 Å². The highest BCUT2D eigenvalue weighted by atomic mass is 16.3. The molecule has 0 saturated carbocycles. The summed E-state index contributed by atoms with van der Waals surface area (Å²) < 4.78 is 1.99. The first-order chi connectivity index (χ1) is 10.0. The van der Waals surface area contributed by atoms with Crippen LogP contribution in [0.15, 0.2) is 30.3 Å². The van der Waals surface area contributed by atoms with Gasteiger partial charge < -0.3 is 10.8 Å². The first kappa shape index (κ1) is 15.7. The molecule has 0 amide bonds. The minimum absolute atomic E-state index is 0.0287. The fourth-order valence-electron chi connectivity index (χ4n) is 2.84. The molecule has 1 heterocycles. The molecule has 21 heavy (non-hydrogen) atoms. The molecule has 4 nitrogen and oxygen atoms in total. The lowest BCUT2D eigenvalue weighted by Crippen LogP contribution is -2.41. The van der Waals surface area contributed by atoms with Gasteiger partial charge in [0.25, 0.3) is 0 Å². The van der Waals surface area contributed by atoms with Gasteiger partial charge in [0.15, 0.2) is 0 Å². The van der Waals surface area contributed by atoms with E-state index in [4.69, 9.17) is 5.73 Å². The van der Waals surface area contributed by atoms with Gasteiger partial charge in [-0.1, -0.05) is 29.8 Å². The minimum Gasteiger partial charge on any atom is -0.395 e. The first-order valence-corrected chi connectivity index (χ1v) is 7.46. The second-order valence-corrected chi connectivity index (χ2v) is 5.78. The van der Waals surface area contributed by atoms with Crippen molar-refractivity contribution < 1.29 is 5.11 Å². The summed E-state index contributed by atoms with van der Waals surface area (Å²) in [6.45, 7) is 7.38. The maximum atomic E-state index is 10.0. The maximum absolute atomic E-state index is 10.0. The summed E-state index contributed by atoms with van der Waals surface area (Å²) in [5.74, 6) is 0. The van der Waals surface area contributed by atoms with E-state index in [1.54, 1.807) is 0 Å². The normalized spacial score (nSPS) is 14.1. The number of nitrogens with two attached hydrogens (primary N) is 1. The zero-order chi connectivity index (χ0) is 15.5. The summed E-state index contributed by atoms with van der Waals surface area (Å²) in [4.78, 5) is 0. The average molecular weight is 287 g/mol. The predicted octanol–water partition coefficient (Wildman–Crippen LogP) is 1.95. The van der Waals surface area contributed by atoms with E-state index in [2.05, 4.69) is 43.2 Å². The molecule has 1 atom stereocenters. The van der Waals surface area contributed by atoms with Crippen molar-refractivity contribution in [2.45, 2.75) is 39.2 Å². The van der Waals surface area contributed by atoms with Crippen LogP contribution in [0.3, 0.4) is 0 Å². The van der Waals surface area contributed by atoms with Crippen molar-refractivity contribution in [3.8, 4) is 0 Å². The Labute approximate surface area is 126 Å². The molecule has 0 bridgehead atoms. The second kappa shape index (κ2) is 6.41. The third kappa shape index (κ3) is 3.17. The number of benzene rings is 1. The van der Waals surface area contributed by atoms with Crippen LogP contribution in [0, 0.1) is 13.8 Å². The number of rotatable bonds is 6. The number of hydrogen-bond acceptors (Lipinski definition) is 3. The molecule has 114 valence electrons. The number of aromatic nitrogens is 2. The molecule has 0 aliphatic heterocycles. The molecule has 0 aliphatic rings. The van der Waals surface area contributed by atoms with E-state index in [0.717, 1.165) is 23.5 Å². The summed E-state index contributed by atoms with van der Waals surface area (Å²) in [5.41, 5.74) is 10.00. The SMILES string of the molecule is CCn1nc(C)cc1CC(CN)(CO)c1cccc(C)c1. The van der Waals surface area contributed by atoms with Gasteiger partial charge in [-0.2, -0.15) is 5.10 Å². The van der Waals surface area contributed by atoms with Crippen LogP contribution in [-0.2, 0) is 18.4 Å². The van der Waals surface area contributed by atoms with Gasteiger partial charge in [0, 0.05) is 30.6 Å². The van der Waals surface area contributed by atoms with Crippen LogP contribution >= 0.6 is 0 Å². The Hall–Kier alpha value is -1.65. The number of aliphatic hydroxyl groups is 1. The van der Waals surface area contributed by atoms with Gasteiger partial charge >= 0.3 is 0 Å². The van der Waals surface area contributed by atoms with Crippen LogP contribution in [0.5, 0.6) is 0 Å². The van der Waals surface area contributed by atoms with Crippen LogP contribution in [0.2, 0.25) is 0 Å². The van der Waals surface area contributed by atoms with E-state index in [-0.39, 0.29) is 6.61 Å². The molecule has 3 N–H and O–H groups in total. The molecule has 1 aromatic carbocycles. The maximum Gasteiger partial charge on any atom is 0.0596 e. The van der Waals surface area contributed by atoms with Crippen LogP contribution in [0.4, 0.5) is 0 Å². The monoisotopic (exact) mass is 287 g/mol. The predicted molar refractivity (Wildman–Crippen MR) is 85.3 cm³/mol. The van der Waals surface area contributed by atoms with Crippen molar-refractivity contribution in [2.75, 3.05) is 13.2 Å². The van der Waals surface area contributed by atoms with Gasteiger partial charge in [0.2, 0.25) is 0 Å². The Morgan fingerprint density at radius 1 is 1.29 bits per heavy atom. The number of nitrogens with zero attached hydrogens (tertiary/aromatic N) is 2. The van der Waals surface area contributed by atoms with Crippen LogP contribution in [-0.4, -0.2) is 28.0 Å².